The van der Waals surface area contributed by atoms with Crippen LogP contribution < -0.4 is 9.80 Å². The first kappa shape index (κ1) is 65.3. The van der Waals surface area contributed by atoms with Gasteiger partial charge in [0.05, 0.1) is 0 Å². The lowest BCUT2D eigenvalue weighted by molar-refractivity contribution is 0.619. The van der Waals surface area contributed by atoms with Crippen LogP contribution in [0.1, 0.15) is 0 Å². The van der Waals surface area contributed by atoms with Crippen molar-refractivity contribution in [3.8, 4) is 101 Å². The van der Waals surface area contributed by atoms with Crippen LogP contribution in [0.3, 0.4) is 0 Å². The predicted molar refractivity (Wildman–Crippen MR) is 467 cm³/mol. The van der Waals surface area contributed by atoms with Gasteiger partial charge in [-0.15, -0.1) is 0 Å². The smallest absolute Gasteiger partial charge is 0.227 e. The Kier molecular flexibility index (Phi) is 16.1. The Morgan fingerprint density at radius 3 is 1.18 bits per heavy atom. The van der Waals surface area contributed by atoms with Gasteiger partial charge in [-0.2, -0.15) is 0 Å². The summed E-state index contributed by atoms with van der Waals surface area (Å²) in [5.74, 6) is 1.19. The third-order valence-electron chi connectivity index (χ3n) is 22.1. The van der Waals surface area contributed by atoms with Crippen molar-refractivity contribution in [3.63, 3.8) is 0 Å². The normalized spacial score (nSPS) is 11.6. The zero-order valence-electron chi connectivity index (χ0n) is 60.9. The fourth-order valence-corrected chi connectivity index (χ4v) is 16.5. The second-order valence-electron chi connectivity index (χ2n) is 28.8. The van der Waals surface area contributed by atoms with Crippen molar-refractivity contribution in [3.05, 3.63) is 413 Å². The van der Waals surface area contributed by atoms with Crippen LogP contribution in [-0.4, -0.2) is 9.97 Å². The van der Waals surface area contributed by atoms with Gasteiger partial charge in [0.1, 0.15) is 11.0 Å². The molecule has 0 fully saturated rings. The number of fused-ring (bicyclic) bond motifs is 9. The van der Waals surface area contributed by atoms with Crippen LogP contribution in [0.5, 0.6) is 0 Å². The molecule has 0 bridgehead atoms. The number of nitrogens with zero attached hydrogens (tertiary/aromatic N) is 4. The molecule has 2 aromatic heterocycles. The predicted octanol–water partition coefficient (Wildman–Crippen LogP) is 29.7. The first-order valence-corrected chi connectivity index (χ1v) is 38.1. The number of para-hydroxylation sites is 1. The van der Waals surface area contributed by atoms with Gasteiger partial charge in [-0.25, -0.2) is 9.97 Å². The SMILES string of the molecule is c1ccc(-c2ccc(N(c3ccc(-c4ccccc4)c(-c4cc5oc(-c6ccccc6)nc5c5ccccc45)c3)c3ccc4cc(-c5ccc(-c6ccc(-c7nc8c(ccc9c(-c%10ccc%11cc(N(c%12ccccc%12)c%12ccc(-c%13cccc%14ccccc%13%14)cc%12)ccc%11c%10)cccc98)o7)cc6)cc5)ccc4c3)cc2)cc1. The van der Waals surface area contributed by atoms with Crippen molar-refractivity contribution in [2.75, 3.05) is 9.80 Å². The molecule has 0 aliphatic carbocycles. The quantitative estimate of drug-likeness (QED) is 0.102. The van der Waals surface area contributed by atoms with Crippen LogP contribution in [0.25, 0.3) is 177 Å². The van der Waals surface area contributed by atoms with Gasteiger partial charge < -0.3 is 18.6 Å². The van der Waals surface area contributed by atoms with Crippen molar-refractivity contribution in [1.82, 2.24) is 9.97 Å². The molecule has 524 valence electrons. The van der Waals surface area contributed by atoms with Crippen LogP contribution in [0, 0.1) is 0 Å². The molecule has 2 heterocycles. The molecular weight excluding hydrogens is 1360 g/mol. The van der Waals surface area contributed by atoms with E-state index < -0.39 is 0 Å². The van der Waals surface area contributed by atoms with Gasteiger partial charge in [-0.05, 0) is 248 Å². The van der Waals surface area contributed by atoms with Gasteiger partial charge >= 0.3 is 0 Å². The molecule has 0 spiro atoms. The molecule has 0 atom stereocenters. The third kappa shape index (κ3) is 12.0. The van der Waals surface area contributed by atoms with Crippen molar-refractivity contribution < 1.29 is 8.83 Å². The Labute approximate surface area is 647 Å². The van der Waals surface area contributed by atoms with Crippen molar-refractivity contribution in [1.29, 1.82) is 0 Å². The summed E-state index contributed by atoms with van der Waals surface area (Å²) in [6, 6.07) is 148. The molecule has 21 aromatic rings. The summed E-state index contributed by atoms with van der Waals surface area (Å²) in [5.41, 5.74) is 27.4. The topological polar surface area (TPSA) is 58.5 Å². The van der Waals surface area contributed by atoms with E-state index in [1.54, 1.807) is 0 Å². The van der Waals surface area contributed by atoms with Crippen LogP contribution in [0.4, 0.5) is 34.1 Å². The van der Waals surface area contributed by atoms with Crippen molar-refractivity contribution in [2.45, 2.75) is 0 Å². The van der Waals surface area contributed by atoms with Crippen molar-refractivity contribution >= 4 is 110 Å². The second kappa shape index (κ2) is 27.7. The molecule has 6 nitrogen and oxygen atoms in total. The maximum absolute atomic E-state index is 6.68. The lowest BCUT2D eigenvalue weighted by Gasteiger charge is -2.27. The summed E-state index contributed by atoms with van der Waals surface area (Å²) < 4.78 is 13.2. The number of hydrogen-bond acceptors (Lipinski definition) is 6. The van der Waals surface area contributed by atoms with Gasteiger partial charge in [0.2, 0.25) is 11.8 Å². The van der Waals surface area contributed by atoms with E-state index in [0.717, 1.165) is 172 Å². The van der Waals surface area contributed by atoms with Gasteiger partial charge in [0, 0.05) is 56.0 Å². The number of rotatable bonds is 15. The summed E-state index contributed by atoms with van der Waals surface area (Å²) in [7, 11) is 0. The maximum atomic E-state index is 6.68. The molecule has 0 radical (unpaired) electrons. The second-order valence-corrected chi connectivity index (χ2v) is 28.8. The van der Waals surface area contributed by atoms with Crippen LogP contribution in [0.2, 0.25) is 0 Å². The Morgan fingerprint density at radius 1 is 0.170 bits per heavy atom. The largest absolute Gasteiger partial charge is 0.436 e. The first-order chi connectivity index (χ1) is 55.5. The minimum Gasteiger partial charge on any atom is -0.436 e. The van der Waals surface area contributed by atoms with Gasteiger partial charge in [0.15, 0.2) is 11.2 Å². The van der Waals surface area contributed by atoms with Gasteiger partial charge in [-0.3, -0.25) is 0 Å². The van der Waals surface area contributed by atoms with E-state index in [-0.39, 0.29) is 0 Å². The molecule has 0 saturated carbocycles. The molecule has 112 heavy (non-hydrogen) atoms. The maximum Gasteiger partial charge on any atom is 0.227 e. The number of hydrogen-bond donors (Lipinski definition) is 0. The Hall–Kier alpha value is -15.0. The summed E-state index contributed by atoms with van der Waals surface area (Å²) in [6.07, 6.45) is 0. The molecule has 0 amide bonds. The van der Waals surface area contributed by atoms with Crippen LogP contribution in [0.15, 0.2) is 421 Å². The standard InChI is InChI=1S/C106H68N4O2/c1-5-19-69(20-6-1)72-47-53-87(54-48-72)110(90-59-60-94(74-21-7-2-8-22-74)99(67-90)100-68-102-104(97-31-16-15-30-95(97)100)108-105(112-102)77-24-9-3-10-25-77)89-58-51-80-63-79(43-44-82(80)66-89)73-37-35-70(36-38-73)71-39-41-78(42-40-71)106-107-103-98-34-18-33-93(96(98)61-62-101(103)111-106)84-46-45-83-65-88(57-52-81(83)64-84)109(85-27-11-4-12-28-85)86-55-49-76(50-56-86)92-32-17-26-75-23-13-14-29-91(75)92/h1-68H. The van der Waals surface area contributed by atoms with Crippen molar-refractivity contribution in [2.24, 2.45) is 0 Å². The summed E-state index contributed by atoms with van der Waals surface area (Å²) in [4.78, 5) is 15.0. The third-order valence-corrected chi connectivity index (χ3v) is 22.1. The Balaban J connectivity index is 0.551. The van der Waals surface area contributed by atoms with E-state index in [1.807, 2.05) is 30.3 Å². The summed E-state index contributed by atoms with van der Waals surface area (Å²) in [6.45, 7) is 0. The highest BCUT2D eigenvalue weighted by Gasteiger charge is 2.23. The highest BCUT2D eigenvalue weighted by atomic mass is 16.4. The highest BCUT2D eigenvalue weighted by molar-refractivity contribution is 6.14. The molecule has 0 saturated heterocycles. The lowest BCUT2D eigenvalue weighted by Crippen LogP contribution is -2.10. The summed E-state index contributed by atoms with van der Waals surface area (Å²) in [5, 5.41) is 11.4. The molecule has 0 aliphatic heterocycles. The molecule has 6 heteroatoms. The average molecular weight is 1430 g/mol. The molecule has 19 aromatic carbocycles. The van der Waals surface area contributed by atoms with E-state index in [1.165, 1.54) is 27.5 Å². The summed E-state index contributed by atoms with van der Waals surface area (Å²) >= 11 is 0. The molecular formula is C106H68N4O2. The average Bonchev–Trinajstić information content (AvgIpc) is 1.32. The minimum atomic E-state index is 0.589. The number of aromatic nitrogens is 2. The monoisotopic (exact) mass is 1430 g/mol. The van der Waals surface area contributed by atoms with Crippen LogP contribution >= 0.6 is 0 Å². The Morgan fingerprint density at radius 2 is 0.536 bits per heavy atom. The lowest BCUT2D eigenvalue weighted by atomic mass is 9.90. The zero-order chi connectivity index (χ0) is 74.0. The van der Waals surface area contributed by atoms with E-state index in [0.29, 0.717) is 11.8 Å². The molecule has 21 rings (SSSR count). The number of oxazole rings is 2. The number of anilines is 6. The molecule has 0 aliphatic rings. The first-order valence-electron chi connectivity index (χ1n) is 38.1. The van der Waals surface area contributed by atoms with Gasteiger partial charge in [0.25, 0.3) is 0 Å². The fourth-order valence-electron chi connectivity index (χ4n) is 16.5. The van der Waals surface area contributed by atoms with E-state index in [2.05, 4.69) is 392 Å². The van der Waals surface area contributed by atoms with E-state index in [4.69, 9.17) is 18.8 Å². The zero-order valence-corrected chi connectivity index (χ0v) is 60.9. The molecule has 0 unspecified atom stereocenters. The van der Waals surface area contributed by atoms with Crippen LogP contribution in [-0.2, 0) is 0 Å². The molecule has 0 N–H and O–H groups in total. The fraction of sp³-hybridized carbons (Fsp3) is 0. The minimum absolute atomic E-state index is 0.589. The van der Waals surface area contributed by atoms with E-state index in [9.17, 15) is 0 Å². The highest BCUT2D eigenvalue weighted by Crippen LogP contribution is 2.47. The Bertz CT molecular complexity index is 7140. The van der Waals surface area contributed by atoms with Gasteiger partial charge in [-0.1, -0.05) is 285 Å². The number of benzene rings is 19. The van der Waals surface area contributed by atoms with E-state index >= 15 is 0 Å².